The Morgan fingerprint density at radius 1 is 1.26 bits per heavy atom. The van der Waals surface area contributed by atoms with E-state index in [2.05, 4.69) is 10.4 Å². The van der Waals surface area contributed by atoms with Gasteiger partial charge in [0.05, 0.1) is 12.3 Å². The molecule has 1 aliphatic rings. The first-order valence-electron chi connectivity index (χ1n) is 8.84. The lowest BCUT2D eigenvalue weighted by Gasteiger charge is -2.27. The number of ether oxygens (including phenoxy) is 1. The van der Waals surface area contributed by atoms with Crippen molar-refractivity contribution in [3.05, 3.63) is 51.9 Å². The summed E-state index contributed by atoms with van der Waals surface area (Å²) < 4.78 is 6.52. The number of amides is 2. The van der Waals surface area contributed by atoms with Gasteiger partial charge in [-0.3, -0.25) is 14.4 Å². The Hall–Kier alpha value is -3.16. The molecule has 0 fully saturated rings. The summed E-state index contributed by atoms with van der Waals surface area (Å²) in [7, 11) is 0. The second kappa shape index (κ2) is 8.03. The Morgan fingerprint density at radius 3 is 2.67 bits per heavy atom. The van der Waals surface area contributed by atoms with Gasteiger partial charge in [-0.05, 0) is 31.2 Å². The molecule has 0 atom stereocenters. The number of aromatic nitrogens is 2. The molecular weight excluding hydrogens is 348 g/mol. The number of fused-ring (bicyclic) bond motifs is 1. The normalized spacial score (nSPS) is 13.0. The van der Waals surface area contributed by atoms with Crippen LogP contribution >= 0.6 is 0 Å². The number of hydrogen-bond donors (Lipinski definition) is 1. The Morgan fingerprint density at radius 2 is 2.00 bits per heavy atom. The minimum atomic E-state index is -0.360. The molecule has 2 amide bonds. The van der Waals surface area contributed by atoms with Crippen molar-refractivity contribution in [3.8, 4) is 5.75 Å². The van der Waals surface area contributed by atoms with Crippen molar-refractivity contribution in [2.24, 2.45) is 0 Å². The largest absolute Gasteiger partial charge is 0.494 e. The summed E-state index contributed by atoms with van der Waals surface area (Å²) in [5, 5.41) is 7.05. The van der Waals surface area contributed by atoms with Crippen molar-refractivity contribution in [2.75, 3.05) is 18.5 Å². The fourth-order valence-corrected chi connectivity index (χ4v) is 2.96. The van der Waals surface area contributed by atoms with Crippen LogP contribution in [0.2, 0.25) is 0 Å². The van der Waals surface area contributed by atoms with Gasteiger partial charge in [-0.1, -0.05) is 0 Å². The molecule has 3 rings (SSSR count). The lowest BCUT2D eigenvalue weighted by molar-refractivity contribution is -0.129. The Labute approximate surface area is 156 Å². The van der Waals surface area contributed by atoms with Crippen LogP contribution in [0.15, 0.2) is 35.1 Å². The van der Waals surface area contributed by atoms with Crippen molar-refractivity contribution in [1.29, 1.82) is 0 Å². The molecular formula is C19H22N4O4. The molecule has 1 aromatic heterocycles. The molecule has 0 saturated carbocycles. The van der Waals surface area contributed by atoms with E-state index in [4.69, 9.17) is 4.74 Å². The van der Waals surface area contributed by atoms with Crippen molar-refractivity contribution >= 4 is 17.5 Å². The zero-order valence-corrected chi connectivity index (χ0v) is 15.4. The van der Waals surface area contributed by atoms with E-state index in [1.54, 1.807) is 29.2 Å². The minimum absolute atomic E-state index is 0.0282. The molecule has 0 unspecified atom stereocenters. The van der Waals surface area contributed by atoms with E-state index in [9.17, 15) is 14.4 Å². The summed E-state index contributed by atoms with van der Waals surface area (Å²) in [4.78, 5) is 37.7. The van der Waals surface area contributed by atoms with E-state index in [1.807, 2.05) is 6.92 Å². The van der Waals surface area contributed by atoms with Crippen molar-refractivity contribution in [1.82, 2.24) is 14.7 Å². The van der Waals surface area contributed by atoms with Crippen LogP contribution in [-0.4, -0.2) is 39.6 Å². The van der Waals surface area contributed by atoms with E-state index < -0.39 is 0 Å². The number of carbonyl (C=O) groups excluding carboxylic acids is 2. The highest BCUT2D eigenvalue weighted by Crippen LogP contribution is 2.16. The molecule has 1 aromatic carbocycles. The first kappa shape index (κ1) is 18.6. The lowest BCUT2D eigenvalue weighted by Crippen LogP contribution is -2.38. The van der Waals surface area contributed by atoms with E-state index in [0.29, 0.717) is 31.8 Å². The summed E-state index contributed by atoms with van der Waals surface area (Å²) in [5.41, 5.74) is 1.75. The lowest BCUT2D eigenvalue weighted by atomic mass is 10.1. The van der Waals surface area contributed by atoms with Crippen LogP contribution in [0.25, 0.3) is 0 Å². The summed E-state index contributed by atoms with van der Waals surface area (Å²) in [5.74, 6) is 0.358. The molecule has 0 saturated heterocycles. The number of nitrogens with one attached hydrogen (secondary N) is 1. The fourth-order valence-electron chi connectivity index (χ4n) is 2.96. The van der Waals surface area contributed by atoms with Gasteiger partial charge in [0.25, 0.3) is 5.56 Å². The Balaban J connectivity index is 1.68. The van der Waals surface area contributed by atoms with Gasteiger partial charge < -0.3 is 15.0 Å². The van der Waals surface area contributed by atoms with Crippen molar-refractivity contribution < 1.29 is 14.3 Å². The topological polar surface area (TPSA) is 93.5 Å². The van der Waals surface area contributed by atoms with E-state index >= 15 is 0 Å². The van der Waals surface area contributed by atoms with Crippen LogP contribution < -0.4 is 15.6 Å². The number of anilines is 1. The highest BCUT2D eigenvalue weighted by molar-refractivity contribution is 5.90. The maximum absolute atomic E-state index is 12.3. The van der Waals surface area contributed by atoms with Gasteiger partial charge in [-0.25, -0.2) is 4.68 Å². The van der Waals surface area contributed by atoms with Crippen LogP contribution in [0.1, 0.15) is 25.1 Å². The molecule has 1 N–H and O–H groups in total. The maximum atomic E-state index is 12.3. The molecule has 8 heteroatoms. The van der Waals surface area contributed by atoms with E-state index in [0.717, 1.165) is 21.7 Å². The molecule has 2 heterocycles. The minimum Gasteiger partial charge on any atom is -0.494 e. The molecule has 0 spiro atoms. The molecule has 8 nitrogen and oxygen atoms in total. The molecule has 2 aromatic rings. The number of rotatable bonds is 5. The maximum Gasteiger partial charge on any atom is 0.267 e. The van der Waals surface area contributed by atoms with Crippen LogP contribution in [-0.2, 0) is 29.1 Å². The SMILES string of the molecule is CCOc1ccc(NC(=O)Cn2nc3c(cc2=O)CN(C(C)=O)CC3)cc1. The quantitative estimate of drug-likeness (QED) is 0.853. The van der Waals surface area contributed by atoms with Gasteiger partial charge in [-0.15, -0.1) is 0 Å². The van der Waals surface area contributed by atoms with E-state index in [1.165, 1.54) is 13.0 Å². The summed E-state index contributed by atoms with van der Waals surface area (Å²) >= 11 is 0. The van der Waals surface area contributed by atoms with Gasteiger partial charge in [-0.2, -0.15) is 5.10 Å². The summed E-state index contributed by atoms with van der Waals surface area (Å²) in [6.45, 7) is 4.75. The third kappa shape index (κ3) is 4.52. The third-order valence-corrected chi connectivity index (χ3v) is 4.33. The average Bonchev–Trinajstić information content (AvgIpc) is 2.63. The van der Waals surface area contributed by atoms with Gasteiger partial charge in [0.15, 0.2) is 0 Å². The van der Waals surface area contributed by atoms with Crippen LogP contribution in [0.5, 0.6) is 5.75 Å². The highest BCUT2D eigenvalue weighted by Gasteiger charge is 2.21. The Bertz CT molecular complexity index is 905. The molecule has 0 radical (unpaired) electrons. The highest BCUT2D eigenvalue weighted by atomic mass is 16.5. The van der Waals surface area contributed by atoms with Gasteiger partial charge in [0.2, 0.25) is 11.8 Å². The number of nitrogens with zero attached hydrogens (tertiary/aromatic N) is 3. The summed E-state index contributed by atoms with van der Waals surface area (Å²) in [6.07, 6.45) is 0.565. The average molecular weight is 370 g/mol. The molecule has 1 aliphatic heterocycles. The van der Waals surface area contributed by atoms with E-state index in [-0.39, 0.29) is 23.9 Å². The first-order chi connectivity index (χ1) is 13.0. The molecule has 0 bridgehead atoms. The standard InChI is InChI=1S/C19H22N4O4/c1-3-27-16-6-4-15(5-7-16)20-18(25)12-23-19(26)10-14-11-22(13(2)24)9-8-17(14)21-23/h4-7,10H,3,8-9,11-12H2,1-2H3,(H,20,25). The monoisotopic (exact) mass is 370 g/mol. The van der Waals surface area contributed by atoms with Gasteiger partial charge >= 0.3 is 0 Å². The second-order valence-electron chi connectivity index (χ2n) is 6.31. The van der Waals surface area contributed by atoms with Gasteiger partial charge in [0.1, 0.15) is 12.3 Å². The van der Waals surface area contributed by atoms with Crippen LogP contribution in [0.4, 0.5) is 5.69 Å². The smallest absolute Gasteiger partial charge is 0.267 e. The number of carbonyl (C=O) groups is 2. The van der Waals surface area contributed by atoms with Crippen LogP contribution in [0.3, 0.4) is 0 Å². The van der Waals surface area contributed by atoms with Gasteiger partial charge in [0, 0.05) is 43.8 Å². The zero-order valence-electron chi connectivity index (χ0n) is 15.4. The Kier molecular flexibility index (Phi) is 5.54. The fraction of sp³-hybridized carbons (Fsp3) is 0.368. The second-order valence-corrected chi connectivity index (χ2v) is 6.31. The van der Waals surface area contributed by atoms with Crippen molar-refractivity contribution in [2.45, 2.75) is 33.4 Å². The predicted molar refractivity (Wildman–Crippen MR) is 99.5 cm³/mol. The molecule has 142 valence electrons. The number of benzene rings is 1. The van der Waals surface area contributed by atoms with Crippen molar-refractivity contribution in [3.63, 3.8) is 0 Å². The first-order valence-corrected chi connectivity index (χ1v) is 8.84. The molecule has 27 heavy (non-hydrogen) atoms. The van der Waals surface area contributed by atoms with Crippen LogP contribution in [0, 0.1) is 0 Å². The molecule has 0 aliphatic carbocycles. The third-order valence-electron chi connectivity index (χ3n) is 4.33. The summed E-state index contributed by atoms with van der Waals surface area (Å²) in [6, 6.07) is 8.47. The predicted octanol–water partition coefficient (Wildman–Crippen LogP) is 1.19. The number of hydrogen-bond acceptors (Lipinski definition) is 5. The zero-order chi connectivity index (χ0) is 19.4.